The molecule has 6 aliphatic rings. The monoisotopic (exact) mass is 632 g/mol. The molecule has 0 amide bonds. The first-order valence-corrected chi connectivity index (χ1v) is 16.7. The van der Waals surface area contributed by atoms with E-state index in [1.54, 1.807) is 18.2 Å². The number of benzene rings is 2. The van der Waals surface area contributed by atoms with Crippen LogP contribution in [0.3, 0.4) is 0 Å². The first-order chi connectivity index (χ1) is 22.8. The number of hydrogen-bond acceptors (Lipinski definition) is 8. The number of pyridine rings is 1. The Labute approximate surface area is 271 Å². The molecule has 4 aromatic rings. The first kappa shape index (κ1) is 27.8. The molecule has 10 heteroatoms. The smallest absolute Gasteiger partial charge is 0.319 e. The molecule has 5 aliphatic heterocycles. The summed E-state index contributed by atoms with van der Waals surface area (Å²) in [7, 11) is 0. The summed E-state index contributed by atoms with van der Waals surface area (Å²) >= 11 is 0. The molecule has 2 bridgehead atoms. The van der Waals surface area contributed by atoms with Crippen LogP contribution in [0.5, 0.6) is 11.9 Å². The van der Waals surface area contributed by atoms with Crippen molar-refractivity contribution in [3.63, 3.8) is 0 Å². The summed E-state index contributed by atoms with van der Waals surface area (Å²) < 4.78 is 45.0. The molecule has 7 atom stereocenters. The number of fused-ring (bicyclic) bond motifs is 9. The largest absolute Gasteiger partial charge is 0.472 e. The highest BCUT2D eigenvalue weighted by molar-refractivity contribution is 6.03. The Morgan fingerprint density at radius 1 is 1.17 bits per heavy atom. The highest BCUT2D eigenvalue weighted by Crippen LogP contribution is 2.60. The molecule has 47 heavy (non-hydrogen) atoms. The van der Waals surface area contributed by atoms with Gasteiger partial charge in [0, 0.05) is 42.8 Å². The number of nitrogens with one attached hydrogen (secondary N) is 1. The second kappa shape index (κ2) is 9.61. The van der Waals surface area contributed by atoms with E-state index in [0.29, 0.717) is 64.1 Å². The van der Waals surface area contributed by atoms with Crippen molar-refractivity contribution in [3.8, 4) is 35.5 Å². The number of halogens is 2. The van der Waals surface area contributed by atoms with Gasteiger partial charge in [0.05, 0.1) is 11.6 Å². The fourth-order valence-corrected chi connectivity index (χ4v) is 9.66. The topological polar surface area (TPSA) is 75.6 Å². The van der Waals surface area contributed by atoms with Crippen molar-refractivity contribution in [2.24, 2.45) is 11.8 Å². The van der Waals surface area contributed by atoms with Crippen molar-refractivity contribution in [1.82, 2.24) is 25.2 Å². The van der Waals surface area contributed by atoms with Gasteiger partial charge in [0.15, 0.2) is 5.82 Å². The first-order valence-electron chi connectivity index (χ1n) is 16.7. The van der Waals surface area contributed by atoms with Gasteiger partial charge in [-0.2, -0.15) is 9.97 Å². The summed E-state index contributed by atoms with van der Waals surface area (Å²) in [5.74, 6) is 3.62. The maximum atomic E-state index is 17.2. The van der Waals surface area contributed by atoms with Crippen molar-refractivity contribution in [3.05, 3.63) is 59.7 Å². The van der Waals surface area contributed by atoms with Gasteiger partial charge in [-0.05, 0) is 73.4 Å². The minimum atomic E-state index is -0.671. The predicted molar refractivity (Wildman–Crippen MR) is 174 cm³/mol. The average molecular weight is 633 g/mol. The molecule has 5 fully saturated rings. The van der Waals surface area contributed by atoms with E-state index in [0.717, 1.165) is 32.4 Å². The zero-order valence-corrected chi connectivity index (χ0v) is 26.1. The third kappa shape index (κ3) is 3.90. The number of hydrogen-bond donors (Lipinski definition) is 1. The van der Waals surface area contributed by atoms with Crippen LogP contribution in [0.15, 0.2) is 42.5 Å². The van der Waals surface area contributed by atoms with Crippen LogP contribution in [-0.2, 0) is 0 Å². The Kier molecular flexibility index (Phi) is 5.68. The van der Waals surface area contributed by atoms with Crippen LogP contribution in [0.4, 0.5) is 14.6 Å². The molecule has 8 nitrogen and oxygen atoms in total. The maximum absolute atomic E-state index is 17.2. The van der Waals surface area contributed by atoms with E-state index in [9.17, 15) is 4.39 Å². The molecular formula is C37H34F2N6O2. The van der Waals surface area contributed by atoms with Gasteiger partial charge in [-0.25, -0.2) is 13.8 Å². The summed E-state index contributed by atoms with van der Waals surface area (Å²) in [6.45, 7) is 9.39. The fourth-order valence-electron chi connectivity index (χ4n) is 9.66. The van der Waals surface area contributed by atoms with E-state index in [-0.39, 0.29) is 46.8 Å². The molecule has 1 aliphatic carbocycles. The summed E-state index contributed by atoms with van der Waals surface area (Å²) in [6, 6.07) is 8.50. The lowest BCUT2D eigenvalue weighted by Crippen LogP contribution is -2.62. The fraction of sp³-hybridized carbons (Fsp3) is 0.432. The van der Waals surface area contributed by atoms with Gasteiger partial charge in [0.1, 0.15) is 40.9 Å². The van der Waals surface area contributed by atoms with Crippen LogP contribution in [0, 0.1) is 35.8 Å². The normalized spacial score (nSPS) is 31.7. The quantitative estimate of drug-likeness (QED) is 0.243. The SMILES string of the molecule is C#Cc1ccc2ccc(F)cc2c1-c1nc2c3c(nc(OCC45CC(=C)CN4C[C@@H]4C[C@@H]45)nc3c1F)N1CC3CCC(N3)C1C(C)O2. The molecule has 4 saturated heterocycles. The van der Waals surface area contributed by atoms with E-state index in [2.05, 4.69) is 27.6 Å². The van der Waals surface area contributed by atoms with E-state index in [1.165, 1.54) is 24.1 Å². The van der Waals surface area contributed by atoms with Gasteiger partial charge in [-0.15, -0.1) is 6.42 Å². The number of ether oxygens (including phenoxy) is 2. The molecule has 2 aromatic carbocycles. The van der Waals surface area contributed by atoms with Crippen LogP contribution < -0.4 is 19.7 Å². The van der Waals surface area contributed by atoms with Crippen molar-refractivity contribution < 1.29 is 18.3 Å². The van der Waals surface area contributed by atoms with Crippen LogP contribution in [0.25, 0.3) is 32.9 Å². The Balaban J connectivity index is 1.18. The molecule has 10 rings (SSSR count). The Hall–Kier alpha value is -4.33. The van der Waals surface area contributed by atoms with E-state index < -0.39 is 11.6 Å². The van der Waals surface area contributed by atoms with Crippen LogP contribution in [0.1, 0.15) is 38.2 Å². The Bertz CT molecular complexity index is 2100. The highest BCUT2D eigenvalue weighted by atomic mass is 19.1. The van der Waals surface area contributed by atoms with Gasteiger partial charge < -0.3 is 19.7 Å². The molecule has 2 aromatic heterocycles. The van der Waals surface area contributed by atoms with Gasteiger partial charge in [-0.1, -0.05) is 30.2 Å². The van der Waals surface area contributed by atoms with E-state index in [1.807, 2.05) is 6.92 Å². The summed E-state index contributed by atoms with van der Waals surface area (Å²) in [5.41, 5.74) is 1.84. The lowest BCUT2D eigenvalue weighted by atomic mass is 9.91. The Morgan fingerprint density at radius 2 is 2.04 bits per heavy atom. The van der Waals surface area contributed by atoms with Gasteiger partial charge in [-0.3, -0.25) is 4.90 Å². The second-order valence-corrected chi connectivity index (χ2v) is 14.4. The molecule has 1 N–H and O–H groups in total. The molecule has 5 unspecified atom stereocenters. The third-order valence-electron chi connectivity index (χ3n) is 11.7. The molecule has 0 spiro atoms. The lowest BCUT2D eigenvalue weighted by molar-refractivity contribution is 0.0830. The van der Waals surface area contributed by atoms with Gasteiger partial charge in [0.2, 0.25) is 5.88 Å². The maximum Gasteiger partial charge on any atom is 0.319 e. The number of terminal acetylenes is 1. The summed E-state index contributed by atoms with van der Waals surface area (Å²) in [6.07, 6.45) is 9.81. The van der Waals surface area contributed by atoms with Crippen LogP contribution in [-0.4, -0.2) is 75.9 Å². The molecular weight excluding hydrogens is 598 g/mol. The number of piperidine rings is 1. The number of piperazine rings is 1. The number of aromatic nitrogens is 3. The van der Waals surface area contributed by atoms with E-state index >= 15 is 4.39 Å². The molecule has 0 radical (unpaired) electrons. The number of anilines is 1. The molecule has 7 heterocycles. The second-order valence-electron chi connectivity index (χ2n) is 14.4. The average Bonchev–Trinajstić information content (AvgIpc) is 3.54. The lowest BCUT2D eigenvalue weighted by Gasteiger charge is -2.42. The van der Waals surface area contributed by atoms with Crippen LogP contribution >= 0.6 is 0 Å². The Morgan fingerprint density at radius 3 is 2.91 bits per heavy atom. The molecule has 238 valence electrons. The zero-order chi connectivity index (χ0) is 31.8. The summed E-state index contributed by atoms with van der Waals surface area (Å²) in [4.78, 5) is 19.4. The van der Waals surface area contributed by atoms with E-state index in [4.69, 9.17) is 30.8 Å². The zero-order valence-electron chi connectivity index (χ0n) is 26.1. The standard InChI is InChI=1S/C37H34F2N6O2/c1-4-20-5-6-21-7-8-23(38)12-25(21)28(20)31-30(39)32-29-34(45-16-24-9-10-27(40-24)33(45)19(3)47-35(29)41-31)43-36(42-32)46-17-37-13-18(2)14-44(37)15-22-11-26(22)37/h1,5-8,12,19,22,24,26-27,33,40H,2,9-11,13-17H2,3H3/t19?,22-,24?,26-,27?,33?,37?/m0/s1. The number of rotatable bonds is 4. The highest BCUT2D eigenvalue weighted by Gasteiger charge is 2.64. The van der Waals surface area contributed by atoms with Crippen molar-refractivity contribution in [2.45, 2.75) is 62.4 Å². The van der Waals surface area contributed by atoms with Crippen molar-refractivity contribution in [1.29, 1.82) is 0 Å². The number of nitrogens with zero attached hydrogens (tertiary/aromatic N) is 5. The minimum absolute atomic E-state index is 0.0348. The third-order valence-corrected chi connectivity index (χ3v) is 11.7. The minimum Gasteiger partial charge on any atom is -0.472 e. The van der Waals surface area contributed by atoms with Crippen molar-refractivity contribution in [2.75, 3.05) is 31.1 Å². The predicted octanol–water partition coefficient (Wildman–Crippen LogP) is 5.22. The molecule has 1 saturated carbocycles. The van der Waals surface area contributed by atoms with Crippen LogP contribution in [0.2, 0.25) is 0 Å². The van der Waals surface area contributed by atoms with Gasteiger partial charge in [0.25, 0.3) is 0 Å². The summed E-state index contributed by atoms with van der Waals surface area (Å²) in [5, 5.41) is 5.34. The van der Waals surface area contributed by atoms with Crippen molar-refractivity contribution >= 4 is 27.5 Å². The van der Waals surface area contributed by atoms with Gasteiger partial charge >= 0.3 is 6.01 Å².